The van der Waals surface area contributed by atoms with Crippen molar-refractivity contribution in [1.29, 1.82) is 0 Å². The zero-order chi connectivity index (χ0) is 14.8. The minimum atomic E-state index is -0.936. The van der Waals surface area contributed by atoms with Gasteiger partial charge in [0, 0.05) is 10.9 Å². The van der Waals surface area contributed by atoms with Crippen molar-refractivity contribution in [2.75, 3.05) is 7.11 Å². The Bertz CT molecular complexity index is 609. The van der Waals surface area contributed by atoms with Crippen molar-refractivity contribution in [2.24, 2.45) is 0 Å². The molecule has 20 heavy (non-hydrogen) atoms. The minimum Gasteiger partial charge on any atom is -0.496 e. The Kier molecular flexibility index (Phi) is 4.89. The van der Waals surface area contributed by atoms with Crippen molar-refractivity contribution in [3.8, 4) is 5.75 Å². The van der Waals surface area contributed by atoms with Crippen LogP contribution in [-0.4, -0.2) is 12.2 Å². The first-order valence-electron chi connectivity index (χ1n) is 6.24. The highest BCUT2D eigenvalue weighted by Crippen LogP contribution is 2.33. The molecule has 2 aromatic carbocycles. The second-order valence-electron chi connectivity index (χ2n) is 4.90. The fourth-order valence-corrected chi connectivity index (χ4v) is 3.51. The van der Waals surface area contributed by atoms with Crippen LogP contribution < -0.4 is 4.74 Å². The fraction of sp³-hybridized carbons (Fsp3) is 0.250. The van der Waals surface area contributed by atoms with Gasteiger partial charge in [-0.2, -0.15) is 0 Å². The van der Waals surface area contributed by atoms with Gasteiger partial charge in [0.05, 0.1) is 17.2 Å². The lowest BCUT2D eigenvalue weighted by molar-refractivity contribution is 0.0568. The molecule has 0 bridgehead atoms. The largest absolute Gasteiger partial charge is 0.496 e. The first-order valence-corrected chi connectivity index (χ1v) is 7.82. The van der Waals surface area contributed by atoms with Gasteiger partial charge in [0.1, 0.15) is 5.75 Å². The highest BCUT2D eigenvalue weighted by molar-refractivity contribution is 9.10. The summed E-state index contributed by atoms with van der Waals surface area (Å²) in [6.07, 6.45) is 0.526. The third kappa shape index (κ3) is 3.43. The second-order valence-corrected chi connectivity index (χ2v) is 6.61. The summed E-state index contributed by atoms with van der Waals surface area (Å²) >= 11 is 6.96. The van der Waals surface area contributed by atoms with Gasteiger partial charge in [0.15, 0.2) is 0 Å². The smallest absolute Gasteiger partial charge is 0.133 e. The molecule has 0 fully saturated rings. The Balaban J connectivity index is 2.28. The maximum Gasteiger partial charge on any atom is 0.133 e. The van der Waals surface area contributed by atoms with Crippen LogP contribution in [0.5, 0.6) is 5.75 Å². The van der Waals surface area contributed by atoms with E-state index in [2.05, 4.69) is 31.9 Å². The van der Waals surface area contributed by atoms with Gasteiger partial charge in [0.2, 0.25) is 0 Å². The van der Waals surface area contributed by atoms with Crippen molar-refractivity contribution in [2.45, 2.75) is 18.9 Å². The molecule has 1 N–H and O–H groups in total. The number of benzene rings is 2. The average Bonchev–Trinajstić information content (AvgIpc) is 2.38. The second kappa shape index (κ2) is 6.29. The van der Waals surface area contributed by atoms with E-state index in [9.17, 15) is 5.11 Å². The van der Waals surface area contributed by atoms with E-state index < -0.39 is 5.60 Å². The first kappa shape index (κ1) is 15.5. The zero-order valence-electron chi connectivity index (χ0n) is 11.4. The Morgan fingerprint density at radius 2 is 1.80 bits per heavy atom. The molecule has 0 aromatic heterocycles. The number of halogens is 2. The SMILES string of the molecule is COc1ccc(CC(C)(O)c2ccccc2Br)cc1Br. The topological polar surface area (TPSA) is 29.5 Å². The van der Waals surface area contributed by atoms with E-state index in [1.807, 2.05) is 49.4 Å². The molecule has 106 valence electrons. The lowest BCUT2D eigenvalue weighted by Gasteiger charge is -2.25. The number of aliphatic hydroxyl groups is 1. The summed E-state index contributed by atoms with van der Waals surface area (Å²) in [5, 5.41) is 10.8. The molecule has 2 aromatic rings. The van der Waals surface area contributed by atoms with E-state index in [1.54, 1.807) is 7.11 Å². The average molecular weight is 400 g/mol. The molecule has 0 aliphatic carbocycles. The lowest BCUT2D eigenvalue weighted by atomic mass is 9.89. The van der Waals surface area contributed by atoms with Crippen LogP contribution in [-0.2, 0) is 12.0 Å². The van der Waals surface area contributed by atoms with E-state index in [1.165, 1.54) is 0 Å². The molecule has 0 heterocycles. The van der Waals surface area contributed by atoms with E-state index in [0.29, 0.717) is 6.42 Å². The van der Waals surface area contributed by atoms with Crippen LogP contribution in [0.3, 0.4) is 0 Å². The quantitative estimate of drug-likeness (QED) is 0.809. The Morgan fingerprint density at radius 3 is 2.40 bits per heavy atom. The van der Waals surface area contributed by atoms with Crippen molar-refractivity contribution in [3.05, 3.63) is 62.5 Å². The van der Waals surface area contributed by atoms with Crippen LogP contribution in [0, 0.1) is 0 Å². The molecule has 0 radical (unpaired) electrons. The normalized spacial score (nSPS) is 13.8. The molecule has 4 heteroatoms. The van der Waals surface area contributed by atoms with Crippen LogP contribution in [0.25, 0.3) is 0 Å². The number of rotatable bonds is 4. The predicted molar refractivity (Wildman–Crippen MR) is 88.1 cm³/mol. The van der Waals surface area contributed by atoms with Crippen molar-refractivity contribution in [3.63, 3.8) is 0 Å². The molecule has 1 unspecified atom stereocenters. The van der Waals surface area contributed by atoms with E-state index in [-0.39, 0.29) is 0 Å². The fourth-order valence-electron chi connectivity index (χ4n) is 2.21. The van der Waals surface area contributed by atoms with Gasteiger partial charge in [-0.1, -0.05) is 40.2 Å². The molecular weight excluding hydrogens is 384 g/mol. The monoisotopic (exact) mass is 398 g/mol. The van der Waals surface area contributed by atoms with Gasteiger partial charge >= 0.3 is 0 Å². The molecule has 0 spiro atoms. The van der Waals surface area contributed by atoms with E-state index in [0.717, 1.165) is 25.8 Å². The molecule has 0 saturated carbocycles. The maximum atomic E-state index is 10.8. The summed E-state index contributed by atoms with van der Waals surface area (Å²) in [7, 11) is 1.64. The van der Waals surface area contributed by atoms with Gasteiger partial charge in [-0.3, -0.25) is 0 Å². The highest BCUT2D eigenvalue weighted by Gasteiger charge is 2.25. The predicted octanol–water partition coefficient (Wildman–Crippen LogP) is 4.67. The molecule has 0 amide bonds. The van der Waals surface area contributed by atoms with Gasteiger partial charge in [-0.05, 0) is 52.2 Å². The number of methoxy groups -OCH3 is 1. The maximum absolute atomic E-state index is 10.8. The third-order valence-corrected chi connectivity index (χ3v) is 4.53. The van der Waals surface area contributed by atoms with Crippen molar-refractivity contribution >= 4 is 31.9 Å². The van der Waals surface area contributed by atoms with E-state index >= 15 is 0 Å². The Labute approximate surface area is 136 Å². The summed E-state index contributed by atoms with van der Waals surface area (Å²) in [5.74, 6) is 0.786. The van der Waals surface area contributed by atoms with Gasteiger partial charge in [-0.15, -0.1) is 0 Å². The highest BCUT2D eigenvalue weighted by atomic mass is 79.9. The molecule has 0 aliphatic heterocycles. The number of ether oxygens (including phenoxy) is 1. The Morgan fingerprint density at radius 1 is 1.10 bits per heavy atom. The van der Waals surface area contributed by atoms with Gasteiger partial charge in [-0.25, -0.2) is 0 Å². The molecule has 0 saturated heterocycles. The van der Waals surface area contributed by atoms with Crippen molar-refractivity contribution < 1.29 is 9.84 Å². The summed E-state index contributed by atoms with van der Waals surface area (Å²) in [5.41, 5.74) is 0.985. The summed E-state index contributed by atoms with van der Waals surface area (Å²) in [6.45, 7) is 1.82. The van der Waals surface area contributed by atoms with Crippen LogP contribution in [0.2, 0.25) is 0 Å². The Hall–Kier alpha value is -0.840. The molecular formula is C16H16Br2O2. The van der Waals surface area contributed by atoms with Crippen LogP contribution in [0.4, 0.5) is 0 Å². The lowest BCUT2D eigenvalue weighted by Crippen LogP contribution is -2.24. The zero-order valence-corrected chi connectivity index (χ0v) is 14.5. The third-order valence-electron chi connectivity index (χ3n) is 3.22. The summed E-state index contributed by atoms with van der Waals surface area (Å²) < 4.78 is 7.02. The van der Waals surface area contributed by atoms with Gasteiger partial charge < -0.3 is 9.84 Å². The van der Waals surface area contributed by atoms with Crippen LogP contribution in [0.15, 0.2) is 51.4 Å². The first-order chi connectivity index (χ1) is 9.44. The number of hydrogen-bond donors (Lipinski definition) is 1. The molecule has 2 nitrogen and oxygen atoms in total. The molecule has 2 rings (SSSR count). The molecule has 0 aliphatic rings. The van der Waals surface area contributed by atoms with Crippen LogP contribution >= 0.6 is 31.9 Å². The van der Waals surface area contributed by atoms with Crippen molar-refractivity contribution in [1.82, 2.24) is 0 Å². The number of hydrogen-bond acceptors (Lipinski definition) is 2. The standard InChI is InChI=1S/C16H16Br2O2/c1-16(19,12-5-3-4-6-13(12)17)10-11-7-8-15(20-2)14(18)9-11/h3-9,19H,10H2,1-2H3. The van der Waals surface area contributed by atoms with Crippen LogP contribution in [0.1, 0.15) is 18.1 Å². The summed E-state index contributed by atoms with van der Waals surface area (Å²) in [6, 6.07) is 13.6. The molecule has 1 atom stereocenters. The van der Waals surface area contributed by atoms with E-state index in [4.69, 9.17) is 4.74 Å². The van der Waals surface area contributed by atoms with Gasteiger partial charge in [0.25, 0.3) is 0 Å². The minimum absolute atomic E-state index is 0.526. The summed E-state index contributed by atoms with van der Waals surface area (Å²) in [4.78, 5) is 0.